The Morgan fingerprint density at radius 2 is 1.81 bits per heavy atom. The minimum atomic E-state index is -0.763. The average molecular weight is 492 g/mol. The van der Waals surface area contributed by atoms with Crippen LogP contribution in [0.2, 0.25) is 0 Å². The number of pyridine rings is 1. The van der Waals surface area contributed by atoms with Gasteiger partial charge in [0.05, 0.1) is 18.2 Å². The van der Waals surface area contributed by atoms with Crippen molar-refractivity contribution in [1.82, 2.24) is 20.1 Å². The van der Waals surface area contributed by atoms with E-state index in [-0.39, 0.29) is 42.0 Å². The molecule has 0 bridgehead atoms. The predicted octanol–water partition coefficient (Wildman–Crippen LogP) is 1.99. The van der Waals surface area contributed by atoms with Gasteiger partial charge in [0, 0.05) is 44.3 Å². The average Bonchev–Trinajstić information content (AvgIpc) is 3.44. The van der Waals surface area contributed by atoms with Crippen LogP contribution < -0.4 is 10.2 Å². The first kappa shape index (κ1) is 25.3. The normalized spacial score (nSPS) is 19.9. The number of carbonyl (C=O) groups is 4. The molecule has 0 saturated carbocycles. The summed E-state index contributed by atoms with van der Waals surface area (Å²) in [6.07, 6.45) is 4.03. The molecule has 2 aliphatic rings. The molecular weight excluding hydrogens is 458 g/mol. The number of rotatable bonds is 7. The molecule has 1 aromatic heterocycles. The molecule has 4 rings (SSSR count). The Morgan fingerprint density at radius 1 is 1.08 bits per heavy atom. The molecule has 3 amide bonds. The van der Waals surface area contributed by atoms with Crippen molar-refractivity contribution in [3.8, 4) is 0 Å². The standard InChI is InChI=1S/C27H33N5O4/c1-17(2)14-21(29-25(34)18-7-9-20(10-8-18)30(3)4)27(36)31-13-11-22-24(31)23(33)16-32(22)26(35)19-6-5-12-28-15-19/h5-10,12,15,17,21-22,24H,11,13-14,16H2,1-4H3,(H,29,34)/t21-,22+,24-/m0/s1. The zero-order valence-electron chi connectivity index (χ0n) is 21.2. The molecule has 2 saturated heterocycles. The van der Waals surface area contributed by atoms with Crippen molar-refractivity contribution in [1.29, 1.82) is 0 Å². The highest BCUT2D eigenvalue weighted by molar-refractivity contribution is 6.03. The Bertz CT molecular complexity index is 1130. The lowest BCUT2D eigenvalue weighted by Crippen LogP contribution is -2.53. The molecule has 9 nitrogen and oxygen atoms in total. The quantitative estimate of drug-likeness (QED) is 0.636. The lowest BCUT2D eigenvalue weighted by atomic mass is 10.0. The number of likely N-dealkylation sites (tertiary alicyclic amines) is 2. The van der Waals surface area contributed by atoms with Gasteiger partial charge in [0.2, 0.25) is 5.91 Å². The molecule has 36 heavy (non-hydrogen) atoms. The molecular formula is C27H33N5O4. The third-order valence-corrected chi connectivity index (χ3v) is 6.83. The molecule has 0 unspecified atom stereocenters. The van der Waals surface area contributed by atoms with Gasteiger partial charge >= 0.3 is 0 Å². The van der Waals surface area contributed by atoms with Crippen molar-refractivity contribution in [3.63, 3.8) is 0 Å². The topological polar surface area (TPSA) is 103 Å². The largest absolute Gasteiger partial charge is 0.378 e. The van der Waals surface area contributed by atoms with Crippen LogP contribution in [-0.2, 0) is 9.59 Å². The second kappa shape index (κ2) is 10.5. The van der Waals surface area contributed by atoms with Crippen LogP contribution in [0.3, 0.4) is 0 Å². The Labute approximate surface area is 211 Å². The van der Waals surface area contributed by atoms with Gasteiger partial charge in [-0.2, -0.15) is 0 Å². The Balaban J connectivity index is 1.50. The van der Waals surface area contributed by atoms with E-state index in [1.807, 2.05) is 45.0 Å². The maximum absolute atomic E-state index is 13.7. The highest BCUT2D eigenvalue weighted by Crippen LogP contribution is 2.31. The molecule has 3 heterocycles. The molecule has 0 aliphatic carbocycles. The number of benzene rings is 1. The Morgan fingerprint density at radius 3 is 2.42 bits per heavy atom. The number of Topliss-reactive ketones (excluding diaryl/α,β-unsaturated/α-hetero) is 1. The van der Waals surface area contributed by atoms with Crippen LogP contribution in [0.5, 0.6) is 0 Å². The van der Waals surface area contributed by atoms with E-state index >= 15 is 0 Å². The van der Waals surface area contributed by atoms with Gasteiger partial charge in [-0.15, -0.1) is 0 Å². The summed E-state index contributed by atoms with van der Waals surface area (Å²) in [7, 11) is 3.84. The summed E-state index contributed by atoms with van der Waals surface area (Å²) < 4.78 is 0. The van der Waals surface area contributed by atoms with Crippen LogP contribution >= 0.6 is 0 Å². The number of fused-ring (bicyclic) bond motifs is 1. The molecule has 2 aliphatic heterocycles. The molecule has 190 valence electrons. The van der Waals surface area contributed by atoms with Gasteiger partial charge in [-0.1, -0.05) is 13.8 Å². The monoisotopic (exact) mass is 491 g/mol. The van der Waals surface area contributed by atoms with Crippen LogP contribution in [0.15, 0.2) is 48.8 Å². The van der Waals surface area contributed by atoms with E-state index in [0.29, 0.717) is 30.5 Å². The lowest BCUT2D eigenvalue weighted by molar-refractivity contribution is -0.138. The minimum absolute atomic E-state index is 0.0354. The molecule has 2 aromatic rings. The number of ketones is 1. The van der Waals surface area contributed by atoms with Crippen molar-refractivity contribution in [2.45, 2.75) is 44.8 Å². The second-order valence-corrected chi connectivity index (χ2v) is 10.1. The lowest BCUT2D eigenvalue weighted by Gasteiger charge is -2.29. The second-order valence-electron chi connectivity index (χ2n) is 10.1. The number of nitrogens with zero attached hydrogens (tertiary/aromatic N) is 4. The number of hydrogen-bond donors (Lipinski definition) is 1. The maximum Gasteiger partial charge on any atom is 0.256 e. The fraction of sp³-hybridized carbons (Fsp3) is 0.444. The van der Waals surface area contributed by atoms with Gasteiger partial charge in [-0.05, 0) is 55.2 Å². The third-order valence-electron chi connectivity index (χ3n) is 6.83. The number of hydrogen-bond acceptors (Lipinski definition) is 6. The van der Waals surface area contributed by atoms with E-state index < -0.39 is 12.1 Å². The third kappa shape index (κ3) is 5.10. The number of nitrogens with one attached hydrogen (secondary N) is 1. The number of anilines is 1. The Hall–Kier alpha value is -3.75. The molecule has 1 aromatic carbocycles. The molecule has 0 spiro atoms. The summed E-state index contributed by atoms with van der Waals surface area (Å²) in [6, 6.07) is 8.69. The van der Waals surface area contributed by atoms with Crippen molar-refractivity contribution in [2.24, 2.45) is 5.92 Å². The molecule has 1 N–H and O–H groups in total. The van der Waals surface area contributed by atoms with E-state index in [9.17, 15) is 19.2 Å². The highest BCUT2D eigenvalue weighted by Gasteiger charge is 2.52. The van der Waals surface area contributed by atoms with Crippen molar-refractivity contribution in [3.05, 3.63) is 59.9 Å². The number of carbonyl (C=O) groups excluding carboxylic acids is 4. The zero-order valence-corrected chi connectivity index (χ0v) is 21.2. The first-order valence-electron chi connectivity index (χ1n) is 12.3. The number of aromatic nitrogens is 1. The molecule has 0 radical (unpaired) electrons. The van der Waals surface area contributed by atoms with Crippen LogP contribution in [0, 0.1) is 5.92 Å². The summed E-state index contributed by atoms with van der Waals surface area (Å²) in [5.74, 6) is -0.875. The van der Waals surface area contributed by atoms with Crippen molar-refractivity contribution >= 4 is 29.2 Å². The predicted molar refractivity (Wildman–Crippen MR) is 136 cm³/mol. The van der Waals surface area contributed by atoms with E-state index in [1.54, 1.807) is 40.3 Å². The molecule has 9 heteroatoms. The van der Waals surface area contributed by atoms with E-state index in [0.717, 1.165) is 5.69 Å². The SMILES string of the molecule is CC(C)C[C@H](NC(=O)c1ccc(N(C)C)cc1)C(=O)N1CC[C@@H]2[C@H]1C(=O)CN2C(=O)c1cccnc1. The van der Waals surface area contributed by atoms with Gasteiger partial charge in [-0.3, -0.25) is 24.2 Å². The molecule has 3 atom stereocenters. The summed E-state index contributed by atoms with van der Waals surface area (Å²) in [5, 5.41) is 2.90. The van der Waals surface area contributed by atoms with E-state index in [2.05, 4.69) is 10.3 Å². The number of amides is 3. The van der Waals surface area contributed by atoms with Crippen LogP contribution in [-0.4, -0.2) is 83.6 Å². The summed E-state index contributed by atoms with van der Waals surface area (Å²) in [4.78, 5) is 61.8. The van der Waals surface area contributed by atoms with Gasteiger partial charge in [0.15, 0.2) is 5.78 Å². The van der Waals surface area contributed by atoms with E-state index in [4.69, 9.17) is 0 Å². The van der Waals surface area contributed by atoms with Crippen LogP contribution in [0.25, 0.3) is 0 Å². The Kier molecular flexibility index (Phi) is 7.37. The van der Waals surface area contributed by atoms with Gasteiger partial charge in [0.1, 0.15) is 12.1 Å². The van der Waals surface area contributed by atoms with Crippen molar-refractivity contribution < 1.29 is 19.2 Å². The summed E-state index contributed by atoms with van der Waals surface area (Å²) in [5.41, 5.74) is 1.85. The first-order chi connectivity index (χ1) is 17.2. The van der Waals surface area contributed by atoms with E-state index in [1.165, 1.54) is 6.20 Å². The van der Waals surface area contributed by atoms with Crippen LogP contribution in [0.4, 0.5) is 5.69 Å². The summed E-state index contributed by atoms with van der Waals surface area (Å²) >= 11 is 0. The maximum atomic E-state index is 13.7. The van der Waals surface area contributed by atoms with Crippen molar-refractivity contribution in [2.75, 3.05) is 32.1 Å². The van der Waals surface area contributed by atoms with Crippen LogP contribution in [0.1, 0.15) is 47.4 Å². The highest BCUT2D eigenvalue weighted by atomic mass is 16.2. The van der Waals surface area contributed by atoms with Gasteiger partial charge in [0.25, 0.3) is 11.8 Å². The minimum Gasteiger partial charge on any atom is -0.378 e. The fourth-order valence-corrected chi connectivity index (χ4v) is 5.04. The first-order valence-corrected chi connectivity index (χ1v) is 12.3. The smallest absolute Gasteiger partial charge is 0.256 e. The fourth-order valence-electron chi connectivity index (χ4n) is 5.04. The summed E-state index contributed by atoms with van der Waals surface area (Å²) in [6.45, 7) is 4.30. The van der Waals surface area contributed by atoms with Gasteiger partial charge in [-0.25, -0.2) is 0 Å². The zero-order chi connectivity index (χ0) is 26.0. The molecule has 2 fully saturated rings. The van der Waals surface area contributed by atoms with Gasteiger partial charge < -0.3 is 20.0 Å².